The fourth-order valence-electron chi connectivity index (χ4n) is 0.581. The summed E-state index contributed by atoms with van der Waals surface area (Å²) in [6.07, 6.45) is 1.87. The van der Waals surface area contributed by atoms with Gasteiger partial charge in [0, 0.05) is 6.20 Å². The minimum atomic E-state index is -4.05. The number of hydrogen-bond acceptors (Lipinski definition) is 4. The van der Waals surface area contributed by atoms with E-state index in [0.29, 0.717) is 0 Å². The molecule has 0 amide bonds. The molecule has 64 valence electrons. The zero-order valence-electron chi connectivity index (χ0n) is 5.70. The van der Waals surface area contributed by atoms with E-state index in [0.717, 1.165) is 18.6 Å². The summed E-state index contributed by atoms with van der Waals surface area (Å²) in [7, 11) is 0. The molecule has 0 aromatic carbocycles. The lowest BCUT2D eigenvalue weighted by molar-refractivity contribution is -0.331. The molecule has 0 unspecified atom stereocenters. The summed E-state index contributed by atoms with van der Waals surface area (Å²) in [5, 5.41) is 9.90. The molecule has 0 aliphatic heterocycles. The van der Waals surface area contributed by atoms with Crippen molar-refractivity contribution >= 4 is 5.97 Å². The number of carbonyl (C=O) groups excluding carboxylic acids is 1. The molecule has 0 fully saturated rings. The van der Waals surface area contributed by atoms with E-state index in [2.05, 4.69) is 9.97 Å². The Morgan fingerprint density at radius 2 is 2.25 bits per heavy atom. The van der Waals surface area contributed by atoms with Gasteiger partial charge in [0.2, 0.25) is 0 Å². The van der Waals surface area contributed by atoms with Crippen LogP contribution >= 0.6 is 0 Å². The van der Waals surface area contributed by atoms with Crippen molar-refractivity contribution in [3.63, 3.8) is 0 Å². The quantitative estimate of drug-likeness (QED) is 0.594. The number of carboxylic acid groups (broad SMARTS) is 1. The maximum atomic E-state index is 12.5. The van der Waals surface area contributed by atoms with Crippen LogP contribution < -0.4 is 5.11 Å². The van der Waals surface area contributed by atoms with Crippen LogP contribution in [0.1, 0.15) is 5.69 Å². The zero-order valence-corrected chi connectivity index (χ0v) is 5.70. The van der Waals surface area contributed by atoms with Crippen molar-refractivity contribution in [1.29, 1.82) is 0 Å². The van der Waals surface area contributed by atoms with Crippen LogP contribution in [0.3, 0.4) is 0 Å². The van der Waals surface area contributed by atoms with Gasteiger partial charge in [-0.05, 0) is 6.07 Å². The third kappa shape index (κ3) is 1.36. The van der Waals surface area contributed by atoms with Crippen molar-refractivity contribution in [2.75, 3.05) is 0 Å². The van der Waals surface area contributed by atoms with E-state index < -0.39 is 17.6 Å². The molecule has 0 N–H and O–H groups in total. The van der Waals surface area contributed by atoms with Crippen LogP contribution in [0.15, 0.2) is 18.6 Å². The first-order valence-corrected chi connectivity index (χ1v) is 2.91. The van der Waals surface area contributed by atoms with Gasteiger partial charge in [-0.25, -0.2) is 9.97 Å². The minimum Gasteiger partial charge on any atom is -0.544 e. The predicted octanol–water partition coefficient (Wildman–Crippen LogP) is -0.682. The first kappa shape index (κ1) is 8.51. The lowest BCUT2D eigenvalue weighted by Crippen LogP contribution is -2.39. The Labute approximate surface area is 65.9 Å². The van der Waals surface area contributed by atoms with E-state index in [9.17, 15) is 18.7 Å². The maximum absolute atomic E-state index is 12.5. The van der Waals surface area contributed by atoms with Crippen LogP contribution in [0.4, 0.5) is 8.78 Å². The summed E-state index contributed by atoms with van der Waals surface area (Å²) in [5.41, 5.74) is -0.877. The van der Waals surface area contributed by atoms with E-state index >= 15 is 0 Å². The molecule has 1 rings (SSSR count). The number of nitrogens with zero attached hydrogens (tertiary/aromatic N) is 2. The summed E-state index contributed by atoms with van der Waals surface area (Å²) in [6, 6.07) is 0.815. The fraction of sp³-hybridized carbons (Fsp3) is 0.167. The minimum absolute atomic E-state index is 0.815. The maximum Gasteiger partial charge on any atom is 0.328 e. The third-order valence-electron chi connectivity index (χ3n) is 1.16. The SMILES string of the molecule is O=C([O-])C(F)(F)c1ccncn1. The first-order chi connectivity index (χ1) is 5.55. The smallest absolute Gasteiger partial charge is 0.328 e. The summed E-state index contributed by atoms with van der Waals surface area (Å²) in [6.45, 7) is 0. The van der Waals surface area contributed by atoms with Crippen LogP contribution in [-0.2, 0) is 10.7 Å². The molecule has 0 radical (unpaired) electrons. The Morgan fingerprint density at radius 3 is 2.67 bits per heavy atom. The second-order valence-corrected chi connectivity index (χ2v) is 1.96. The summed E-state index contributed by atoms with van der Waals surface area (Å²) in [4.78, 5) is 16.4. The highest BCUT2D eigenvalue weighted by molar-refractivity contribution is 5.74. The Hall–Kier alpha value is -1.59. The van der Waals surface area contributed by atoms with Crippen LogP contribution in [-0.4, -0.2) is 15.9 Å². The predicted molar refractivity (Wildman–Crippen MR) is 30.9 cm³/mol. The monoisotopic (exact) mass is 173 g/mol. The highest BCUT2D eigenvalue weighted by Crippen LogP contribution is 2.24. The fourth-order valence-corrected chi connectivity index (χ4v) is 0.581. The molecule has 12 heavy (non-hydrogen) atoms. The molecular formula is C6H3F2N2O2-. The number of alkyl halides is 2. The summed E-state index contributed by atoms with van der Waals surface area (Å²) in [5.74, 6) is -6.52. The number of hydrogen-bond donors (Lipinski definition) is 0. The molecule has 0 atom stereocenters. The van der Waals surface area contributed by atoms with Crippen molar-refractivity contribution in [3.8, 4) is 0 Å². The second kappa shape index (κ2) is 2.80. The number of aliphatic carboxylic acids is 1. The number of rotatable bonds is 2. The van der Waals surface area contributed by atoms with Gasteiger partial charge in [-0.2, -0.15) is 8.78 Å². The highest BCUT2D eigenvalue weighted by Gasteiger charge is 2.34. The largest absolute Gasteiger partial charge is 0.544 e. The molecule has 0 aliphatic rings. The number of halogens is 2. The van der Waals surface area contributed by atoms with E-state index in [4.69, 9.17) is 0 Å². The van der Waals surface area contributed by atoms with E-state index in [1.165, 1.54) is 0 Å². The van der Waals surface area contributed by atoms with Crippen molar-refractivity contribution in [2.45, 2.75) is 5.92 Å². The lowest BCUT2D eigenvalue weighted by atomic mass is 10.2. The van der Waals surface area contributed by atoms with Crippen molar-refractivity contribution in [1.82, 2.24) is 9.97 Å². The van der Waals surface area contributed by atoms with Gasteiger partial charge in [0.1, 0.15) is 18.0 Å². The molecule has 4 nitrogen and oxygen atoms in total. The molecule has 6 heteroatoms. The van der Waals surface area contributed by atoms with Crippen LogP contribution in [0.5, 0.6) is 0 Å². The van der Waals surface area contributed by atoms with Gasteiger partial charge in [0.15, 0.2) is 0 Å². The van der Waals surface area contributed by atoms with Gasteiger partial charge >= 0.3 is 5.92 Å². The van der Waals surface area contributed by atoms with Gasteiger partial charge in [-0.1, -0.05) is 0 Å². The topological polar surface area (TPSA) is 65.9 Å². The molecule has 0 bridgehead atoms. The lowest BCUT2D eigenvalue weighted by Gasteiger charge is -2.15. The molecule has 1 aromatic heterocycles. The summed E-state index contributed by atoms with van der Waals surface area (Å²) < 4.78 is 25.1. The molecule has 1 heterocycles. The Morgan fingerprint density at radius 1 is 1.58 bits per heavy atom. The normalized spacial score (nSPS) is 11.2. The summed E-state index contributed by atoms with van der Waals surface area (Å²) >= 11 is 0. The van der Waals surface area contributed by atoms with Crippen LogP contribution in [0, 0.1) is 0 Å². The van der Waals surface area contributed by atoms with Crippen molar-refractivity contribution < 1.29 is 18.7 Å². The average molecular weight is 173 g/mol. The van der Waals surface area contributed by atoms with Crippen molar-refractivity contribution in [2.24, 2.45) is 0 Å². The van der Waals surface area contributed by atoms with E-state index in [1.807, 2.05) is 0 Å². The average Bonchev–Trinajstić information content (AvgIpc) is 2.06. The number of aromatic nitrogens is 2. The molecule has 0 aliphatic carbocycles. The third-order valence-corrected chi connectivity index (χ3v) is 1.16. The molecule has 0 spiro atoms. The first-order valence-electron chi connectivity index (χ1n) is 2.91. The standard InChI is InChI=1S/C6H4F2N2O2/c7-6(8,5(11)12)4-1-2-9-3-10-4/h1-3H,(H,11,12)/p-1. The van der Waals surface area contributed by atoms with Gasteiger partial charge in [-0.3, -0.25) is 0 Å². The van der Waals surface area contributed by atoms with Crippen LogP contribution in [0.2, 0.25) is 0 Å². The molecule has 0 saturated heterocycles. The van der Waals surface area contributed by atoms with Gasteiger partial charge in [-0.15, -0.1) is 0 Å². The molecular weight excluding hydrogens is 170 g/mol. The Balaban J connectivity index is 3.06. The molecule has 1 aromatic rings. The van der Waals surface area contributed by atoms with Gasteiger partial charge in [0.25, 0.3) is 0 Å². The zero-order chi connectivity index (χ0) is 9.19. The van der Waals surface area contributed by atoms with Gasteiger partial charge in [0.05, 0.1) is 0 Å². The Bertz CT molecular complexity index is 289. The van der Waals surface area contributed by atoms with E-state index in [1.54, 1.807) is 0 Å². The Kier molecular flexibility index (Phi) is 1.99. The van der Waals surface area contributed by atoms with E-state index in [-0.39, 0.29) is 0 Å². The van der Waals surface area contributed by atoms with Crippen LogP contribution in [0.25, 0.3) is 0 Å². The highest BCUT2D eigenvalue weighted by atomic mass is 19.3. The molecule has 0 saturated carbocycles. The number of carboxylic acids is 1. The van der Waals surface area contributed by atoms with Gasteiger partial charge < -0.3 is 9.90 Å². The van der Waals surface area contributed by atoms with Crippen molar-refractivity contribution in [3.05, 3.63) is 24.3 Å². The second-order valence-electron chi connectivity index (χ2n) is 1.96. The number of carbonyl (C=O) groups is 1.